The minimum atomic E-state index is -0.535. The average molecular weight is 703 g/mol. The maximum atomic E-state index is 12.7. The van der Waals surface area contributed by atoms with Crippen LogP contribution in [0.5, 0.6) is 0 Å². The minimum Gasteiger partial charge on any atom is -0.465 e. The lowest BCUT2D eigenvalue weighted by atomic mass is 10.0. The fourth-order valence-electron chi connectivity index (χ4n) is 5.53. The van der Waals surface area contributed by atoms with E-state index in [1.165, 1.54) is 32.1 Å². The topological polar surface area (TPSA) is 118 Å². The normalized spacial score (nSPS) is 11.5. The van der Waals surface area contributed by atoms with Crippen LogP contribution in [-0.2, 0) is 25.6 Å². The summed E-state index contributed by atoms with van der Waals surface area (Å²) in [4.78, 5) is 42.0. The molecule has 270 valence electrons. The lowest BCUT2D eigenvalue weighted by Gasteiger charge is -2.12. The third-order valence-electron chi connectivity index (χ3n) is 8.71. The summed E-state index contributed by atoms with van der Waals surface area (Å²) in [6.45, 7) is 4.48. The highest BCUT2D eigenvalue weighted by Gasteiger charge is 2.18. The van der Waals surface area contributed by atoms with Crippen molar-refractivity contribution in [2.45, 2.75) is 71.8 Å². The van der Waals surface area contributed by atoms with Crippen molar-refractivity contribution in [3.63, 3.8) is 0 Å². The first-order chi connectivity index (χ1) is 25.4. The van der Waals surface area contributed by atoms with E-state index < -0.39 is 17.9 Å². The number of hydrogen-bond donors (Lipinski definition) is 0. The number of nitrogens with zero attached hydrogens (tertiary/aromatic N) is 2. The van der Waals surface area contributed by atoms with Crippen molar-refractivity contribution in [1.29, 1.82) is 0 Å². The number of esters is 3. The largest absolute Gasteiger partial charge is 0.465 e. The molecule has 4 aromatic carbocycles. The van der Waals surface area contributed by atoms with E-state index in [-0.39, 0.29) is 19.2 Å². The van der Waals surface area contributed by atoms with Crippen LogP contribution >= 0.6 is 0 Å². The first-order valence-corrected chi connectivity index (χ1v) is 18.1. The molecule has 0 N–H and O–H groups in total. The second kappa shape index (κ2) is 19.7. The highest BCUT2D eigenvalue weighted by atomic mass is 16.6. The Hall–Kier alpha value is -5.57. The molecule has 0 aliphatic carbocycles. The number of ether oxygens (including phenoxy) is 3. The van der Waals surface area contributed by atoms with Crippen LogP contribution < -0.4 is 0 Å². The summed E-state index contributed by atoms with van der Waals surface area (Å²) in [6, 6.07) is 31.1. The average Bonchev–Trinajstić information content (AvgIpc) is 3.69. The molecule has 0 aliphatic rings. The highest BCUT2D eigenvalue weighted by molar-refractivity contribution is 5.91. The summed E-state index contributed by atoms with van der Waals surface area (Å²) in [5.74, 6) is -1.03. The van der Waals surface area contributed by atoms with E-state index in [9.17, 15) is 14.4 Å². The smallest absolute Gasteiger partial charge is 0.338 e. The molecule has 9 heteroatoms. The van der Waals surface area contributed by atoms with Gasteiger partial charge in [0.1, 0.15) is 13.2 Å². The predicted molar refractivity (Wildman–Crippen MR) is 199 cm³/mol. The van der Waals surface area contributed by atoms with Gasteiger partial charge < -0.3 is 18.7 Å². The Morgan fingerprint density at radius 2 is 1.15 bits per heavy atom. The third kappa shape index (κ3) is 11.2. The van der Waals surface area contributed by atoms with E-state index in [1.807, 2.05) is 66.7 Å². The molecule has 0 spiro atoms. The van der Waals surface area contributed by atoms with Crippen LogP contribution in [0.25, 0.3) is 34.0 Å². The molecular weight excluding hydrogens is 656 g/mol. The van der Waals surface area contributed by atoms with Crippen molar-refractivity contribution in [3.8, 4) is 34.0 Å². The number of carbonyl (C=O) groups excluding carboxylic acids is 3. The summed E-state index contributed by atoms with van der Waals surface area (Å²) >= 11 is 0. The molecule has 1 atom stereocenters. The van der Waals surface area contributed by atoms with Crippen LogP contribution in [0.1, 0.15) is 91.5 Å². The zero-order valence-corrected chi connectivity index (χ0v) is 29.9. The first kappa shape index (κ1) is 37.7. The molecule has 0 radical (unpaired) electrons. The predicted octanol–water partition coefficient (Wildman–Crippen LogP) is 9.90. The molecule has 0 fully saturated rings. The van der Waals surface area contributed by atoms with Gasteiger partial charge in [-0.25, -0.2) is 9.59 Å². The SMILES string of the molecule is CCCCCCCCCCOC(=O)[C@@H](C)COC(=O)c1ccc(-c2ccc(-c3nc(-c4ccc(C(=O)OCc5ccccc5)cc4)no3)cc2)cc1. The fraction of sp³-hybridized carbons (Fsp3) is 0.326. The van der Waals surface area contributed by atoms with Gasteiger partial charge in [0.25, 0.3) is 5.89 Å². The van der Waals surface area contributed by atoms with Gasteiger partial charge in [-0.2, -0.15) is 4.98 Å². The van der Waals surface area contributed by atoms with E-state index in [4.69, 9.17) is 18.7 Å². The van der Waals surface area contributed by atoms with Crippen molar-refractivity contribution < 1.29 is 33.1 Å². The van der Waals surface area contributed by atoms with E-state index >= 15 is 0 Å². The molecule has 5 rings (SSSR count). The summed E-state index contributed by atoms with van der Waals surface area (Å²) in [5.41, 5.74) is 5.04. The summed E-state index contributed by atoms with van der Waals surface area (Å²) in [5, 5.41) is 4.12. The molecule has 1 aromatic heterocycles. The highest BCUT2D eigenvalue weighted by Crippen LogP contribution is 2.27. The Kier molecular flexibility index (Phi) is 14.3. The van der Waals surface area contributed by atoms with E-state index in [0.29, 0.717) is 35.0 Å². The number of hydrogen-bond acceptors (Lipinski definition) is 9. The van der Waals surface area contributed by atoms with Gasteiger partial charge in [-0.1, -0.05) is 124 Å². The van der Waals surface area contributed by atoms with Crippen LogP contribution in [0.4, 0.5) is 0 Å². The van der Waals surface area contributed by atoms with Crippen LogP contribution in [-0.4, -0.2) is 41.3 Å². The number of rotatable bonds is 19. The van der Waals surface area contributed by atoms with Gasteiger partial charge in [0, 0.05) is 11.1 Å². The molecule has 9 nitrogen and oxygen atoms in total. The monoisotopic (exact) mass is 702 g/mol. The third-order valence-corrected chi connectivity index (χ3v) is 8.71. The zero-order valence-electron chi connectivity index (χ0n) is 29.9. The Morgan fingerprint density at radius 3 is 1.79 bits per heavy atom. The second-order valence-corrected chi connectivity index (χ2v) is 12.9. The molecule has 52 heavy (non-hydrogen) atoms. The van der Waals surface area contributed by atoms with Crippen molar-refractivity contribution in [1.82, 2.24) is 10.1 Å². The number of carbonyl (C=O) groups is 3. The molecular formula is C43H46N2O7. The van der Waals surface area contributed by atoms with E-state index in [2.05, 4.69) is 17.1 Å². The Labute approximate surface area is 305 Å². The van der Waals surface area contributed by atoms with Gasteiger partial charge >= 0.3 is 17.9 Å². The maximum absolute atomic E-state index is 12.7. The number of benzene rings is 4. The molecule has 0 bridgehead atoms. The van der Waals surface area contributed by atoms with Gasteiger partial charge in [-0.3, -0.25) is 4.79 Å². The van der Waals surface area contributed by atoms with E-state index in [0.717, 1.165) is 41.5 Å². The first-order valence-electron chi connectivity index (χ1n) is 18.1. The molecule has 5 aromatic rings. The van der Waals surface area contributed by atoms with Crippen LogP contribution in [0, 0.1) is 5.92 Å². The van der Waals surface area contributed by atoms with Crippen LogP contribution in [0.3, 0.4) is 0 Å². The van der Waals surface area contributed by atoms with E-state index in [1.54, 1.807) is 43.3 Å². The Balaban J connectivity index is 1.05. The molecule has 0 saturated heterocycles. The molecule has 1 heterocycles. The molecule has 0 unspecified atom stereocenters. The summed E-state index contributed by atoms with van der Waals surface area (Å²) in [7, 11) is 0. The van der Waals surface area contributed by atoms with Gasteiger partial charge in [0.15, 0.2) is 0 Å². The summed E-state index contributed by atoms with van der Waals surface area (Å²) < 4.78 is 21.7. The van der Waals surface area contributed by atoms with Gasteiger partial charge in [0.05, 0.1) is 23.7 Å². The quantitative estimate of drug-likeness (QED) is 0.0471. The standard InChI is InChI=1S/C43H46N2O7/c1-3-4-5-6-7-8-9-13-28-49-41(46)31(2)29-50-42(47)37-24-18-34(19-25-37)33-16-22-36(23-17-33)40-44-39(45-52-40)35-20-26-38(27-21-35)43(48)51-30-32-14-11-10-12-15-32/h10-12,14-27,31H,3-9,13,28-30H2,1-2H3/t31-/m0/s1. The molecule has 0 amide bonds. The van der Waals surface area contributed by atoms with Crippen molar-refractivity contribution >= 4 is 17.9 Å². The van der Waals surface area contributed by atoms with Gasteiger partial charge in [0.2, 0.25) is 5.82 Å². The lowest BCUT2D eigenvalue weighted by molar-refractivity contribution is -0.149. The Bertz CT molecular complexity index is 1850. The lowest BCUT2D eigenvalue weighted by Crippen LogP contribution is -2.22. The zero-order chi connectivity index (χ0) is 36.5. The fourth-order valence-corrected chi connectivity index (χ4v) is 5.53. The van der Waals surface area contributed by atoms with Crippen LogP contribution in [0.2, 0.25) is 0 Å². The van der Waals surface area contributed by atoms with Crippen LogP contribution in [0.15, 0.2) is 108 Å². The van der Waals surface area contributed by atoms with Crippen molar-refractivity contribution in [3.05, 3.63) is 120 Å². The number of aromatic nitrogens is 2. The summed E-state index contributed by atoms with van der Waals surface area (Å²) in [6.07, 6.45) is 9.41. The molecule has 0 aliphatic heterocycles. The maximum Gasteiger partial charge on any atom is 0.338 e. The van der Waals surface area contributed by atoms with Gasteiger partial charge in [-0.05, 0) is 66.4 Å². The van der Waals surface area contributed by atoms with Crippen molar-refractivity contribution in [2.75, 3.05) is 13.2 Å². The number of unbranched alkanes of at least 4 members (excludes halogenated alkanes) is 7. The minimum absolute atomic E-state index is 0.0369. The molecule has 0 saturated carbocycles. The van der Waals surface area contributed by atoms with Gasteiger partial charge in [-0.15, -0.1) is 0 Å². The van der Waals surface area contributed by atoms with Crippen molar-refractivity contribution in [2.24, 2.45) is 5.92 Å². The second-order valence-electron chi connectivity index (χ2n) is 12.9. The Morgan fingerprint density at radius 1 is 0.615 bits per heavy atom.